The van der Waals surface area contributed by atoms with Gasteiger partial charge in [-0.1, -0.05) is 57.6 Å². The fraction of sp³-hybridized carbons (Fsp3) is 0.139. The number of benzene rings is 4. The van der Waals surface area contributed by atoms with Gasteiger partial charge in [-0.15, -0.1) is 0 Å². The molecule has 5 aromatic rings. The molecule has 0 saturated heterocycles. The first kappa shape index (κ1) is 34.0. The van der Waals surface area contributed by atoms with Crippen molar-refractivity contribution in [1.82, 2.24) is 4.57 Å². The quantitative estimate of drug-likeness (QED) is 0.117. The zero-order valence-corrected chi connectivity index (χ0v) is 30.2. The van der Waals surface area contributed by atoms with Gasteiger partial charge in [0, 0.05) is 27.9 Å². The van der Waals surface area contributed by atoms with Gasteiger partial charge in [-0.2, -0.15) is 0 Å². The van der Waals surface area contributed by atoms with Crippen molar-refractivity contribution < 1.29 is 19.2 Å². The molecule has 0 radical (unpaired) electrons. The first-order valence-corrected chi connectivity index (χ1v) is 17.5. The van der Waals surface area contributed by atoms with E-state index in [-0.39, 0.29) is 23.8 Å². The first-order chi connectivity index (χ1) is 23.6. The molecule has 0 fully saturated rings. The Balaban J connectivity index is 1.43. The van der Waals surface area contributed by atoms with Crippen LogP contribution in [0.15, 0.2) is 121 Å². The van der Waals surface area contributed by atoms with Gasteiger partial charge in [0.2, 0.25) is 0 Å². The average Bonchev–Trinajstić information content (AvgIpc) is 3.38. The number of nitro groups is 1. The second kappa shape index (κ2) is 14.7. The van der Waals surface area contributed by atoms with E-state index in [1.54, 1.807) is 41.8 Å². The van der Waals surface area contributed by atoms with Crippen LogP contribution in [0.25, 0.3) is 6.08 Å². The highest BCUT2D eigenvalue weighted by Gasteiger charge is 2.32. The van der Waals surface area contributed by atoms with E-state index in [0.29, 0.717) is 54.4 Å². The lowest BCUT2D eigenvalue weighted by Crippen LogP contribution is -2.40. The van der Waals surface area contributed by atoms with E-state index in [1.807, 2.05) is 61.5 Å². The number of aromatic nitrogens is 1. The van der Waals surface area contributed by atoms with Crippen molar-refractivity contribution in [2.24, 2.45) is 4.99 Å². The van der Waals surface area contributed by atoms with Crippen LogP contribution < -0.4 is 29.7 Å². The minimum atomic E-state index is -0.759. The van der Waals surface area contributed by atoms with Crippen molar-refractivity contribution in [1.29, 1.82) is 0 Å². The fourth-order valence-electron chi connectivity index (χ4n) is 5.41. The van der Waals surface area contributed by atoms with Gasteiger partial charge >= 0.3 is 0 Å². The summed E-state index contributed by atoms with van der Waals surface area (Å²) in [4.78, 5) is 44.0. The summed E-state index contributed by atoms with van der Waals surface area (Å²) in [6, 6.07) is 25.5. The van der Waals surface area contributed by atoms with E-state index in [9.17, 15) is 19.7 Å². The molecule has 0 aliphatic carbocycles. The molecule has 248 valence electrons. The number of nitro benzene ring substituents is 1. The highest BCUT2D eigenvalue weighted by Crippen LogP contribution is 2.35. The molecule has 6 rings (SSSR count). The molecule has 0 spiro atoms. The molecule has 1 amide bonds. The monoisotopic (exact) mass is 802 g/mol. The lowest BCUT2D eigenvalue weighted by atomic mass is 9.95. The summed E-state index contributed by atoms with van der Waals surface area (Å²) in [7, 11) is 0. The molecule has 1 aliphatic heterocycles. The number of fused-ring (bicyclic) bond motifs is 1. The van der Waals surface area contributed by atoms with E-state index in [4.69, 9.17) is 14.5 Å². The number of para-hydroxylation sites is 1. The Bertz CT molecular complexity index is 2270. The fourth-order valence-corrected chi connectivity index (χ4v) is 7.82. The summed E-state index contributed by atoms with van der Waals surface area (Å²) in [6.07, 6.45) is 1.74. The predicted octanol–water partition coefficient (Wildman–Crippen LogP) is 7.28. The number of non-ortho nitro benzene ring substituents is 1. The zero-order chi connectivity index (χ0) is 34.7. The van der Waals surface area contributed by atoms with Crippen molar-refractivity contribution >= 4 is 66.6 Å². The number of ether oxygens (including phenoxy) is 2. The van der Waals surface area contributed by atoms with Crippen LogP contribution in [0.2, 0.25) is 0 Å². The summed E-state index contributed by atoms with van der Waals surface area (Å²) in [5, 5.41) is 14.0. The SMILES string of the molecule is CCOc1ccc([C@H]2C(C(=O)Nc3ccccc3)=C(C)N=c3s/c(=C\c4cc(Br)cc(Br)c4OCc4ccc([N+](=O)[O-])cc4)c(=O)n32)cc1. The molecule has 0 unspecified atom stereocenters. The Kier molecular flexibility index (Phi) is 10.2. The number of carbonyl (C=O) groups is 1. The third-order valence-electron chi connectivity index (χ3n) is 7.66. The van der Waals surface area contributed by atoms with Crippen molar-refractivity contribution in [3.63, 3.8) is 0 Å². The first-order valence-electron chi connectivity index (χ1n) is 15.1. The van der Waals surface area contributed by atoms with Gasteiger partial charge in [-0.05, 0) is 95.5 Å². The molecule has 1 atom stereocenters. The van der Waals surface area contributed by atoms with Gasteiger partial charge in [0.05, 0.1) is 37.8 Å². The maximum atomic E-state index is 14.3. The molecule has 4 aromatic carbocycles. The van der Waals surface area contributed by atoms with Crippen LogP contribution in [0.5, 0.6) is 11.5 Å². The van der Waals surface area contributed by atoms with Crippen LogP contribution in [-0.2, 0) is 11.4 Å². The topological polar surface area (TPSA) is 125 Å². The van der Waals surface area contributed by atoms with E-state index in [0.717, 1.165) is 15.6 Å². The zero-order valence-electron chi connectivity index (χ0n) is 26.2. The van der Waals surface area contributed by atoms with Crippen LogP contribution >= 0.6 is 43.2 Å². The number of thiazole rings is 1. The van der Waals surface area contributed by atoms with E-state index in [2.05, 4.69) is 37.2 Å². The van der Waals surface area contributed by atoms with Gasteiger partial charge in [0.1, 0.15) is 18.1 Å². The number of hydrogen-bond acceptors (Lipinski definition) is 8. The minimum Gasteiger partial charge on any atom is -0.494 e. The second-order valence-electron chi connectivity index (χ2n) is 10.9. The lowest BCUT2D eigenvalue weighted by molar-refractivity contribution is -0.384. The molecule has 49 heavy (non-hydrogen) atoms. The number of anilines is 1. The normalized spacial score (nSPS) is 14.2. The standard InChI is InChI=1S/C36H28Br2N4O6S/c1-3-47-28-15-11-23(12-16-28)32-31(34(43)40-26-7-5-4-6-8-26)21(2)39-36-41(32)35(44)30(49-36)18-24-17-25(37)19-29(38)33(24)48-20-22-9-13-27(14-10-22)42(45)46/h4-19,32H,3,20H2,1-2H3,(H,40,43)/b30-18-/t32-/m0/s1. The van der Waals surface area contributed by atoms with Crippen LogP contribution in [0.3, 0.4) is 0 Å². The maximum Gasteiger partial charge on any atom is 0.271 e. The molecule has 10 nitrogen and oxygen atoms in total. The van der Waals surface area contributed by atoms with Crippen LogP contribution in [0, 0.1) is 10.1 Å². The molecule has 1 N–H and O–H groups in total. The summed E-state index contributed by atoms with van der Waals surface area (Å²) in [5.41, 5.74) is 3.21. The Hall–Kier alpha value is -4.85. The summed E-state index contributed by atoms with van der Waals surface area (Å²) in [5.74, 6) is 0.796. The van der Waals surface area contributed by atoms with E-state index >= 15 is 0 Å². The Labute approximate surface area is 301 Å². The van der Waals surface area contributed by atoms with Crippen molar-refractivity contribution in [3.8, 4) is 11.5 Å². The van der Waals surface area contributed by atoms with Gasteiger partial charge in [-0.3, -0.25) is 24.3 Å². The minimum absolute atomic E-state index is 0.0101. The number of carbonyl (C=O) groups excluding carboxylic acids is 1. The number of nitrogens with zero attached hydrogens (tertiary/aromatic N) is 3. The van der Waals surface area contributed by atoms with Gasteiger partial charge in [-0.25, -0.2) is 4.99 Å². The Morgan fingerprint density at radius 3 is 2.43 bits per heavy atom. The van der Waals surface area contributed by atoms with Gasteiger partial charge < -0.3 is 14.8 Å². The number of rotatable bonds is 10. The summed E-state index contributed by atoms with van der Waals surface area (Å²) >= 11 is 8.34. The summed E-state index contributed by atoms with van der Waals surface area (Å²) in [6.45, 7) is 4.31. The Morgan fingerprint density at radius 1 is 1.04 bits per heavy atom. The third kappa shape index (κ3) is 7.43. The van der Waals surface area contributed by atoms with Crippen LogP contribution in [-0.4, -0.2) is 22.0 Å². The maximum absolute atomic E-state index is 14.3. The smallest absolute Gasteiger partial charge is 0.271 e. The molecule has 1 aliphatic rings. The molecule has 0 saturated carbocycles. The largest absolute Gasteiger partial charge is 0.494 e. The van der Waals surface area contributed by atoms with E-state index < -0.39 is 11.0 Å². The van der Waals surface area contributed by atoms with Gasteiger partial charge in [0.15, 0.2) is 4.80 Å². The number of hydrogen-bond donors (Lipinski definition) is 1. The predicted molar refractivity (Wildman–Crippen MR) is 196 cm³/mol. The molecule has 1 aromatic heterocycles. The Morgan fingerprint density at radius 2 is 1.76 bits per heavy atom. The summed E-state index contributed by atoms with van der Waals surface area (Å²) < 4.78 is 15.2. The van der Waals surface area contributed by atoms with Crippen molar-refractivity contribution in [2.45, 2.75) is 26.5 Å². The number of nitrogens with one attached hydrogen (secondary N) is 1. The molecule has 0 bridgehead atoms. The number of allylic oxidation sites excluding steroid dienone is 1. The average molecular weight is 805 g/mol. The highest BCUT2D eigenvalue weighted by atomic mass is 79.9. The number of amides is 1. The molecular formula is C36H28Br2N4O6S. The van der Waals surface area contributed by atoms with Crippen molar-refractivity contribution in [3.05, 3.63) is 158 Å². The van der Waals surface area contributed by atoms with Gasteiger partial charge in [0.25, 0.3) is 17.2 Å². The number of halogens is 2. The van der Waals surface area contributed by atoms with Crippen LogP contribution in [0.1, 0.15) is 36.6 Å². The lowest BCUT2D eigenvalue weighted by Gasteiger charge is -2.25. The highest BCUT2D eigenvalue weighted by molar-refractivity contribution is 9.11. The second-order valence-corrected chi connectivity index (χ2v) is 13.7. The molecule has 13 heteroatoms. The van der Waals surface area contributed by atoms with Crippen LogP contribution in [0.4, 0.5) is 11.4 Å². The van der Waals surface area contributed by atoms with Crippen molar-refractivity contribution in [2.75, 3.05) is 11.9 Å². The van der Waals surface area contributed by atoms with E-state index in [1.165, 1.54) is 23.5 Å². The third-order valence-corrected chi connectivity index (χ3v) is 9.69. The molecule has 2 heterocycles. The molecular weight excluding hydrogens is 776 g/mol.